The van der Waals surface area contributed by atoms with Crippen molar-refractivity contribution in [3.63, 3.8) is 0 Å². The average molecular weight is 324 g/mol. The zero-order chi connectivity index (χ0) is 12.1. The van der Waals surface area contributed by atoms with E-state index in [0.717, 1.165) is 10.2 Å². The number of hydrogen-bond donors (Lipinski definition) is 1. The van der Waals surface area contributed by atoms with Gasteiger partial charge in [0.25, 0.3) is 5.91 Å². The van der Waals surface area contributed by atoms with Crippen LogP contribution in [0.5, 0.6) is 0 Å². The second-order valence-corrected chi connectivity index (χ2v) is 7.72. The fourth-order valence-electron chi connectivity index (χ4n) is 1.08. The normalized spacial score (nSPS) is 14.4. The number of thiophene rings is 1. The summed E-state index contributed by atoms with van der Waals surface area (Å²) in [6.07, 6.45) is 2.42. The molecule has 90 valence electrons. The van der Waals surface area contributed by atoms with Crippen LogP contribution in [-0.2, 0) is 10.8 Å². The van der Waals surface area contributed by atoms with Gasteiger partial charge in [-0.3, -0.25) is 9.00 Å². The van der Waals surface area contributed by atoms with Gasteiger partial charge in [-0.15, -0.1) is 11.3 Å². The number of carbonyl (C=O) groups is 1. The molecule has 2 unspecified atom stereocenters. The summed E-state index contributed by atoms with van der Waals surface area (Å²) in [5, 5.41) is 2.93. The Morgan fingerprint density at radius 3 is 2.81 bits per heavy atom. The van der Waals surface area contributed by atoms with E-state index in [0.29, 0.717) is 11.4 Å². The molecule has 3 nitrogen and oxygen atoms in total. The van der Waals surface area contributed by atoms with Gasteiger partial charge in [-0.2, -0.15) is 0 Å². The van der Waals surface area contributed by atoms with Crippen molar-refractivity contribution >= 4 is 44.0 Å². The number of carbonyl (C=O) groups excluding carboxylic acids is 1. The van der Waals surface area contributed by atoms with Crippen molar-refractivity contribution in [3.8, 4) is 0 Å². The Hall–Kier alpha value is -0.200. The summed E-state index contributed by atoms with van der Waals surface area (Å²) in [7, 11) is -0.822. The molecule has 1 N–H and O–H groups in total. The van der Waals surface area contributed by atoms with Gasteiger partial charge in [-0.1, -0.05) is 6.92 Å². The molecule has 0 saturated heterocycles. The third-order valence-corrected chi connectivity index (χ3v) is 5.19. The van der Waals surface area contributed by atoms with Crippen LogP contribution in [0.4, 0.5) is 0 Å². The maximum atomic E-state index is 11.6. The van der Waals surface area contributed by atoms with Crippen molar-refractivity contribution in [2.45, 2.75) is 18.6 Å². The number of hydrogen-bond acceptors (Lipinski definition) is 3. The molecule has 0 aliphatic rings. The van der Waals surface area contributed by atoms with Crippen molar-refractivity contribution in [1.82, 2.24) is 5.32 Å². The number of rotatable bonds is 5. The van der Waals surface area contributed by atoms with Gasteiger partial charge < -0.3 is 5.32 Å². The van der Waals surface area contributed by atoms with Crippen LogP contribution >= 0.6 is 27.3 Å². The molecule has 2 atom stereocenters. The fourth-order valence-corrected chi connectivity index (χ4v) is 2.83. The molecule has 0 aromatic carbocycles. The van der Waals surface area contributed by atoms with Gasteiger partial charge in [0.2, 0.25) is 0 Å². The van der Waals surface area contributed by atoms with Crippen molar-refractivity contribution in [3.05, 3.63) is 20.8 Å². The van der Waals surface area contributed by atoms with Crippen LogP contribution in [0.1, 0.15) is 23.0 Å². The third kappa shape index (κ3) is 4.35. The molecular weight excluding hydrogens is 310 g/mol. The summed E-state index contributed by atoms with van der Waals surface area (Å²) in [6.45, 7) is 2.49. The number of nitrogens with one attached hydrogen (secondary N) is 1. The maximum Gasteiger partial charge on any atom is 0.261 e. The van der Waals surface area contributed by atoms with E-state index in [1.807, 2.05) is 13.0 Å². The highest BCUT2D eigenvalue weighted by atomic mass is 79.9. The van der Waals surface area contributed by atoms with Gasteiger partial charge >= 0.3 is 0 Å². The monoisotopic (exact) mass is 323 g/mol. The predicted molar refractivity (Wildman–Crippen MR) is 72.5 cm³/mol. The van der Waals surface area contributed by atoms with E-state index in [9.17, 15) is 9.00 Å². The third-order valence-electron chi connectivity index (χ3n) is 2.20. The van der Waals surface area contributed by atoms with Gasteiger partial charge in [0.15, 0.2) is 0 Å². The van der Waals surface area contributed by atoms with Crippen molar-refractivity contribution in [2.75, 3.05) is 12.8 Å². The molecule has 16 heavy (non-hydrogen) atoms. The summed E-state index contributed by atoms with van der Waals surface area (Å²) < 4.78 is 12.0. The zero-order valence-corrected chi connectivity index (χ0v) is 12.4. The summed E-state index contributed by atoms with van der Waals surface area (Å²) in [5.41, 5.74) is 0. The van der Waals surface area contributed by atoms with Gasteiger partial charge in [-0.05, 0) is 34.5 Å². The average Bonchev–Trinajstić information content (AvgIpc) is 2.64. The molecule has 1 aromatic rings. The topological polar surface area (TPSA) is 46.2 Å². The smallest absolute Gasteiger partial charge is 0.261 e. The standard InChI is InChI=1S/C10H14BrNO2S2/c1-7(16(2)14)5-6-12-10(13)8-3-4-9(11)15-8/h3-4,7H,5-6H2,1-2H3,(H,12,13). The van der Waals surface area contributed by atoms with Crippen LogP contribution in [0.15, 0.2) is 15.9 Å². The van der Waals surface area contributed by atoms with E-state index in [-0.39, 0.29) is 11.2 Å². The van der Waals surface area contributed by atoms with Crippen LogP contribution < -0.4 is 5.32 Å². The minimum atomic E-state index is -0.822. The van der Waals surface area contributed by atoms with Crippen LogP contribution in [0.2, 0.25) is 0 Å². The van der Waals surface area contributed by atoms with E-state index >= 15 is 0 Å². The summed E-state index contributed by atoms with van der Waals surface area (Å²) in [6, 6.07) is 3.63. The molecule has 0 spiro atoms. The van der Waals surface area contributed by atoms with Crippen molar-refractivity contribution < 1.29 is 9.00 Å². The largest absolute Gasteiger partial charge is 0.351 e. The molecule has 0 bridgehead atoms. The van der Waals surface area contributed by atoms with Crippen molar-refractivity contribution in [2.24, 2.45) is 0 Å². The summed E-state index contributed by atoms with van der Waals surface area (Å²) in [4.78, 5) is 12.3. The van der Waals surface area contributed by atoms with E-state index in [2.05, 4.69) is 21.2 Å². The van der Waals surface area contributed by atoms with Gasteiger partial charge in [-0.25, -0.2) is 0 Å². The first-order valence-electron chi connectivity index (χ1n) is 4.86. The molecule has 0 fully saturated rings. The molecule has 0 saturated carbocycles. The van der Waals surface area contributed by atoms with E-state index in [1.54, 1.807) is 12.3 Å². The predicted octanol–water partition coefficient (Wildman–Crippen LogP) is 2.40. The molecule has 1 amide bonds. The molecule has 6 heteroatoms. The highest BCUT2D eigenvalue weighted by molar-refractivity contribution is 9.11. The van der Waals surface area contributed by atoms with Crippen molar-refractivity contribution in [1.29, 1.82) is 0 Å². The second-order valence-electron chi connectivity index (χ2n) is 3.46. The molecular formula is C10H14BrNO2S2. The van der Waals surface area contributed by atoms with E-state index in [1.165, 1.54) is 11.3 Å². The van der Waals surface area contributed by atoms with Crippen LogP contribution in [0, 0.1) is 0 Å². The van der Waals surface area contributed by atoms with E-state index in [4.69, 9.17) is 0 Å². The first-order valence-corrected chi connectivity index (χ1v) is 8.09. The lowest BCUT2D eigenvalue weighted by Gasteiger charge is -2.08. The lowest BCUT2D eigenvalue weighted by atomic mass is 10.3. The Bertz CT molecular complexity index is 392. The minimum absolute atomic E-state index is 0.0650. The molecule has 0 radical (unpaired) electrons. The quantitative estimate of drug-likeness (QED) is 0.904. The van der Waals surface area contributed by atoms with Gasteiger partial charge in [0.05, 0.1) is 8.66 Å². The Morgan fingerprint density at radius 1 is 1.62 bits per heavy atom. The first-order chi connectivity index (χ1) is 7.50. The SMILES string of the molecule is CC(CCNC(=O)c1ccc(Br)s1)S(C)=O. The summed E-state index contributed by atoms with van der Waals surface area (Å²) in [5.74, 6) is -0.0650. The number of amides is 1. The maximum absolute atomic E-state index is 11.6. The fraction of sp³-hybridized carbons (Fsp3) is 0.500. The molecule has 1 heterocycles. The first kappa shape index (κ1) is 13.9. The second kappa shape index (κ2) is 6.51. The Kier molecular flexibility index (Phi) is 5.64. The molecule has 1 aromatic heterocycles. The zero-order valence-electron chi connectivity index (χ0n) is 9.16. The number of halogens is 1. The molecule has 0 aliphatic heterocycles. The van der Waals surface area contributed by atoms with Crippen LogP contribution in [-0.4, -0.2) is 28.2 Å². The lowest BCUT2D eigenvalue weighted by Crippen LogP contribution is -2.26. The Morgan fingerprint density at radius 2 is 2.31 bits per heavy atom. The molecule has 1 rings (SSSR count). The Balaban J connectivity index is 2.34. The molecule has 0 aliphatic carbocycles. The van der Waals surface area contributed by atoms with Crippen LogP contribution in [0.25, 0.3) is 0 Å². The van der Waals surface area contributed by atoms with Gasteiger partial charge in [0.1, 0.15) is 0 Å². The van der Waals surface area contributed by atoms with Crippen LogP contribution in [0.3, 0.4) is 0 Å². The lowest BCUT2D eigenvalue weighted by molar-refractivity contribution is 0.0957. The highest BCUT2D eigenvalue weighted by Gasteiger charge is 2.10. The Labute approximate surface area is 110 Å². The summed E-state index contributed by atoms with van der Waals surface area (Å²) >= 11 is 4.71. The van der Waals surface area contributed by atoms with Gasteiger partial charge in [0, 0.05) is 28.9 Å². The minimum Gasteiger partial charge on any atom is -0.351 e. The highest BCUT2D eigenvalue weighted by Crippen LogP contribution is 2.21. The van der Waals surface area contributed by atoms with E-state index < -0.39 is 10.8 Å².